The van der Waals surface area contributed by atoms with E-state index in [4.69, 9.17) is 5.90 Å². The second-order valence-corrected chi connectivity index (χ2v) is 9.19. The van der Waals surface area contributed by atoms with Gasteiger partial charge in [-0.2, -0.15) is 5.90 Å². The van der Waals surface area contributed by atoms with Gasteiger partial charge in [-0.15, -0.1) is 0 Å². The van der Waals surface area contributed by atoms with Gasteiger partial charge in [-0.1, -0.05) is 20.7 Å². The van der Waals surface area contributed by atoms with Crippen molar-refractivity contribution in [3.8, 4) is 5.75 Å². The zero-order valence-electron chi connectivity index (χ0n) is 7.00. The molecule has 1 aliphatic heterocycles. The van der Waals surface area contributed by atoms with E-state index in [1.165, 1.54) is 0 Å². The Morgan fingerprint density at radius 1 is 1.57 bits per heavy atom. The third kappa shape index (κ3) is 2.02. The molecule has 1 aromatic carbocycles. The Hall–Kier alpha value is 0.0700. The van der Waals surface area contributed by atoms with Gasteiger partial charge in [0.2, 0.25) is 0 Å². The van der Waals surface area contributed by atoms with Crippen molar-refractivity contribution >= 4 is 52.7 Å². The van der Waals surface area contributed by atoms with Gasteiger partial charge in [0.05, 0.1) is 0 Å². The van der Waals surface area contributed by atoms with E-state index in [0.717, 1.165) is 11.3 Å². The van der Waals surface area contributed by atoms with Crippen molar-refractivity contribution in [3.05, 3.63) is 23.8 Å². The molecule has 2 rings (SSSR count). The minimum atomic E-state index is -0.339. The number of aliphatic hydroxyl groups excluding tert-OH is 1. The van der Waals surface area contributed by atoms with Crippen LogP contribution in [0.1, 0.15) is 5.56 Å². The van der Waals surface area contributed by atoms with E-state index in [-0.39, 0.29) is 20.7 Å². The van der Waals surface area contributed by atoms with Crippen LogP contribution < -0.4 is 16.1 Å². The van der Waals surface area contributed by atoms with Gasteiger partial charge in [0.15, 0.2) is 0 Å². The Labute approximate surface area is 105 Å². The first-order chi connectivity index (χ1) is 6.70. The van der Waals surface area contributed by atoms with Crippen molar-refractivity contribution in [1.82, 2.24) is 0 Å². The molecule has 0 saturated carbocycles. The third-order valence-electron chi connectivity index (χ3n) is 1.81. The highest BCUT2D eigenvalue weighted by Gasteiger charge is 2.16. The first-order valence-electron chi connectivity index (χ1n) is 3.82. The summed E-state index contributed by atoms with van der Waals surface area (Å²) >= 11 is 1.94. The first kappa shape index (κ1) is 10.6. The van der Waals surface area contributed by atoms with E-state index in [9.17, 15) is 5.11 Å². The Morgan fingerprint density at radius 2 is 2.36 bits per heavy atom. The number of nitrogens with one attached hydrogen (secondary N) is 1. The van der Waals surface area contributed by atoms with Crippen molar-refractivity contribution in [2.45, 2.75) is 2.06 Å². The number of rotatable bonds is 1. The van der Waals surface area contributed by atoms with Crippen molar-refractivity contribution in [2.75, 3.05) is 5.32 Å². The molecular weight excluding hydrogens is 410 g/mol. The van der Waals surface area contributed by atoms with Crippen molar-refractivity contribution in [2.24, 2.45) is 5.90 Å². The highest BCUT2D eigenvalue weighted by Crippen LogP contribution is 2.33. The molecular formula is C8H8I2N2O2. The maximum absolute atomic E-state index is 9.74. The molecule has 0 spiro atoms. The summed E-state index contributed by atoms with van der Waals surface area (Å²) in [7, 11) is 0. The average Bonchev–Trinajstić information content (AvgIpc) is 2.16. The van der Waals surface area contributed by atoms with Crippen molar-refractivity contribution < 1.29 is 9.94 Å². The summed E-state index contributed by atoms with van der Waals surface area (Å²) in [6.07, 6.45) is 0. The molecule has 1 atom stereocenters. The molecule has 1 aliphatic rings. The summed E-state index contributed by atoms with van der Waals surface area (Å²) in [6.45, 7) is 0. The van der Waals surface area contributed by atoms with Crippen LogP contribution in [0, 0.1) is 0 Å². The normalized spacial score (nSPS) is 19.9. The number of benzene rings is 1. The molecule has 14 heavy (non-hydrogen) atoms. The molecule has 4 N–H and O–H groups in total. The Kier molecular flexibility index (Phi) is 3.24. The fourth-order valence-corrected chi connectivity index (χ4v) is 4.84. The van der Waals surface area contributed by atoms with Crippen molar-refractivity contribution in [3.63, 3.8) is 0 Å². The molecule has 0 saturated heterocycles. The fourth-order valence-electron chi connectivity index (χ4n) is 1.19. The lowest BCUT2D eigenvalue weighted by molar-refractivity contribution is 0.334. The van der Waals surface area contributed by atoms with Gasteiger partial charge in [-0.25, -0.2) is 0 Å². The maximum Gasteiger partial charge on any atom is 0.148 e. The van der Waals surface area contributed by atoms with Gasteiger partial charge >= 0.3 is 0 Å². The predicted octanol–water partition coefficient (Wildman–Crippen LogP) is 1.90. The molecule has 0 fully saturated rings. The van der Waals surface area contributed by atoms with E-state index in [1.54, 1.807) is 12.1 Å². The van der Waals surface area contributed by atoms with E-state index < -0.39 is 0 Å². The number of alkyl halides is 2. The van der Waals surface area contributed by atoms with Crippen LogP contribution in [0.4, 0.5) is 5.69 Å². The summed E-state index contributed by atoms with van der Waals surface area (Å²) in [5.41, 5.74) is 1.75. The van der Waals surface area contributed by atoms with E-state index in [2.05, 4.69) is 32.7 Å². The first-order valence-corrected chi connectivity index (χ1v) is 7.39. The SMILES string of the molecule is NOc1ccc2c(c1)NC(I)I=C2O. The summed E-state index contributed by atoms with van der Waals surface area (Å²) in [5, 5.41) is 13.0. The highest BCUT2D eigenvalue weighted by atomic mass is 127. The lowest BCUT2D eigenvalue weighted by Crippen LogP contribution is -2.16. The fraction of sp³-hybridized carbons (Fsp3) is 0.125. The van der Waals surface area contributed by atoms with Crippen LogP contribution in [0.5, 0.6) is 5.75 Å². The molecule has 6 heteroatoms. The van der Waals surface area contributed by atoms with Crippen LogP contribution in [-0.2, 0) is 0 Å². The Morgan fingerprint density at radius 3 is 3.07 bits per heavy atom. The number of anilines is 1. The smallest absolute Gasteiger partial charge is 0.148 e. The van der Waals surface area contributed by atoms with Crippen LogP contribution in [0.25, 0.3) is 0 Å². The molecule has 0 aromatic heterocycles. The van der Waals surface area contributed by atoms with E-state index in [1.807, 2.05) is 6.07 Å². The van der Waals surface area contributed by atoms with Gasteiger partial charge in [-0.05, 0) is 34.7 Å². The second kappa shape index (κ2) is 4.29. The van der Waals surface area contributed by atoms with Gasteiger partial charge in [0.25, 0.3) is 0 Å². The quantitative estimate of drug-likeness (QED) is 0.282. The molecule has 1 unspecified atom stereocenters. The van der Waals surface area contributed by atoms with E-state index >= 15 is 0 Å². The zero-order chi connectivity index (χ0) is 10.1. The van der Waals surface area contributed by atoms with Gasteiger partial charge in [0.1, 0.15) is 11.5 Å². The molecule has 1 heterocycles. The zero-order valence-corrected chi connectivity index (χ0v) is 11.3. The topological polar surface area (TPSA) is 67.5 Å². The summed E-state index contributed by atoms with van der Waals surface area (Å²) in [4.78, 5) is 4.63. The molecule has 4 nitrogen and oxygen atoms in total. The van der Waals surface area contributed by atoms with Crippen LogP contribution in [0.15, 0.2) is 18.2 Å². The molecule has 0 bridgehead atoms. The standard InChI is InChI=1S/C8H8I2N2O2/c9-8-10-7(13)5-2-1-4(14-11)3-6(5)12-8/h1-3,8,12-13H,11H2. The summed E-state index contributed by atoms with van der Waals surface area (Å²) in [5.74, 6) is 5.65. The minimum absolute atomic E-state index is 0.312. The second-order valence-electron chi connectivity index (χ2n) is 2.67. The molecule has 1 aromatic rings. The van der Waals surface area contributed by atoms with E-state index in [0.29, 0.717) is 11.5 Å². The largest absolute Gasteiger partial charge is 0.411 e. The number of nitrogens with two attached hydrogens (primary N) is 1. The lowest BCUT2D eigenvalue weighted by atomic mass is 10.2. The highest BCUT2D eigenvalue weighted by molar-refractivity contribution is 14.2. The van der Waals surface area contributed by atoms with Gasteiger partial charge in [-0.3, -0.25) is 0 Å². The molecule has 76 valence electrons. The number of hydrogen-bond donors (Lipinski definition) is 3. The molecule has 0 radical (unpaired) electrons. The maximum atomic E-state index is 9.74. The lowest BCUT2D eigenvalue weighted by Gasteiger charge is -2.19. The number of fused-ring (bicyclic) bond motifs is 1. The molecule has 0 aliphatic carbocycles. The van der Waals surface area contributed by atoms with Crippen LogP contribution in [0.2, 0.25) is 0 Å². The number of aliphatic hydroxyl groups is 1. The number of halogens is 2. The van der Waals surface area contributed by atoms with Crippen LogP contribution >= 0.6 is 43.3 Å². The van der Waals surface area contributed by atoms with Gasteiger partial charge in [0, 0.05) is 17.3 Å². The Bertz CT molecular complexity index is 395. The van der Waals surface area contributed by atoms with Crippen LogP contribution in [0.3, 0.4) is 0 Å². The van der Waals surface area contributed by atoms with Crippen LogP contribution in [-0.4, -0.2) is 10.9 Å². The predicted molar refractivity (Wildman–Crippen MR) is 72.8 cm³/mol. The average molecular weight is 418 g/mol. The monoisotopic (exact) mass is 418 g/mol. The molecule has 0 amide bonds. The summed E-state index contributed by atoms with van der Waals surface area (Å²) in [6, 6.07) is 5.36. The van der Waals surface area contributed by atoms with Gasteiger partial charge < -0.3 is 15.3 Å². The van der Waals surface area contributed by atoms with Crippen molar-refractivity contribution in [1.29, 1.82) is 0 Å². The number of hydrogen-bond acceptors (Lipinski definition) is 4. The Balaban J connectivity index is 2.47. The third-order valence-corrected chi connectivity index (χ3v) is 5.73. The minimum Gasteiger partial charge on any atom is -0.411 e. The summed E-state index contributed by atoms with van der Waals surface area (Å²) < 4.78 is 0.826.